The van der Waals surface area contributed by atoms with Crippen molar-refractivity contribution >= 4 is 26.0 Å². The van der Waals surface area contributed by atoms with Crippen LogP contribution in [-0.4, -0.2) is 90.8 Å². The van der Waals surface area contributed by atoms with E-state index in [9.17, 15) is 23.7 Å². The average Bonchev–Trinajstić information content (AvgIpc) is 3.08. The highest BCUT2D eigenvalue weighted by atomic mass is 31.2. The first-order valence-electron chi connectivity index (χ1n) is 11.9. The van der Waals surface area contributed by atoms with E-state index in [4.69, 9.17) is 33.5 Å². The molecule has 2 rings (SSSR count). The largest absolute Gasteiger partial charge is 0.510 e. The number of rotatable bonds is 13. The summed E-state index contributed by atoms with van der Waals surface area (Å²) >= 11 is 0. The van der Waals surface area contributed by atoms with Crippen LogP contribution in [-0.2, 0) is 41.8 Å². The molecule has 228 valence electrons. The van der Waals surface area contributed by atoms with Crippen LogP contribution >= 0.6 is 7.82 Å². The highest BCUT2D eigenvalue weighted by Gasteiger charge is 2.61. The van der Waals surface area contributed by atoms with Crippen LogP contribution in [0.15, 0.2) is 29.7 Å². The first kappa shape index (κ1) is 33.4. The molecule has 2 aliphatic rings. The summed E-state index contributed by atoms with van der Waals surface area (Å²) in [6, 6.07) is 0. The molecule has 3 N–H and O–H groups in total. The Morgan fingerprint density at radius 3 is 2.12 bits per heavy atom. The van der Waals surface area contributed by atoms with Crippen LogP contribution in [0.4, 0.5) is 18.4 Å². The molecule has 0 aromatic heterocycles. The van der Waals surface area contributed by atoms with Crippen LogP contribution in [0, 0.1) is 0 Å². The number of ether oxygens (including phenoxy) is 5. The Morgan fingerprint density at radius 1 is 1.15 bits per heavy atom. The van der Waals surface area contributed by atoms with Gasteiger partial charge in [0.05, 0.1) is 18.8 Å². The Bertz CT molecular complexity index is 995. The van der Waals surface area contributed by atoms with Crippen molar-refractivity contribution in [2.45, 2.75) is 77.1 Å². The Kier molecular flexibility index (Phi) is 11.8. The number of nitrogens with zero attached hydrogens (tertiary/aromatic N) is 2. The molecule has 0 spiro atoms. The van der Waals surface area contributed by atoms with Crippen molar-refractivity contribution in [2.75, 3.05) is 20.2 Å². The summed E-state index contributed by atoms with van der Waals surface area (Å²) in [6.45, 7) is 7.53. The third-order valence-corrected chi connectivity index (χ3v) is 6.50. The van der Waals surface area contributed by atoms with Crippen LogP contribution in [0.25, 0.3) is 0 Å². The maximum atomic E-state index is 15.2. The molecule has 2 aliphatic heterocycles. The normalized spacial score (nSPS) is 25.6. The van der Waals surface area contributed by atoms with Crippen LogP contribution in [0.1, 0.15) is 34.6 Å². The SMILES string of the molecule is C=C1N=C(N)C=CN1[C@@H]1O[C@@](COP(=O)(OCOC(=O)OC(C)C)OCOC(=O)OC(C)C)(C(C)F)[C@@H](O)[C@H]1F. The maximum absolute atomic E-state index is 15.2. The molecule has 1 saturated heterocycles. The third kappa shape index (κ3) is 8.84. The van der Waals surface area contributed by atoms with Crippen molar-refractivity contribution in [1.82, 2.24) is 4.90 Å². The number of aliphatic hydroxyl groups is 1. The quantitative estimate of drug-likeness (QED) is 0.178. The minimum Gasteiger partial charge on any atom is -0.432 e. The van der Waals surface area contributed by atoms with Crippen molar-refractivity contribution in [3.8, 4) is 0 Å². The second kappa shape index (κ2) is 14.2. The molecule has 0 radical (unpaired) electrons. The Balaban J connectivity index is 2.18. The zero-order valence-electron chi connectivity index (χ0n) is 22.6. The molecule has 0 amide bonds. The van der Waals surface area contributed by atoms with Crippen LogP contribution < -0.4 is 5.73 Å². The van der Waals surface area contributed by atoms with E-state index in [2.05, 4.69) is 21.0 Å². The third-order valence-electron chi connectivity index (χ3n) is 5.21. The molecule has 1 fully saturated rings. The number of carbonyl (C=O) groups is 2. The molecule has 0 aromatic carbocycles. The van der Waals surface area contributed by atoms with Gasteiger partial charge in [0.15, 0.2) is 18.0 Å². The van der Waals surface area contributed by atoms with E-state index < -0.39 is 82.8 Å². The second-order valence-electron chi connectivity index (χ2n) is 8.98. The van der Waals surface area contributed by atoms with Crippen LogP contribution in [0.2, 0.25) is 0 Å². The fourth-order valence-corrected chi connectivity index (χ4v) is 4.25. The summed E-state index contributed by atoms with van der Waals surface area (Å²) < 4.78 is 82.7. The molecule has 2 heterocycles. The molecular weight excluding hydrogens is 567 g/mol. The lowest BCUT2D eigenvalue weighted by molar-refractivity contribution is -0.165. The van der Waals surface area contributed by atoms with E-state index in [0.29, 0.717) is 0 Å². The number of hydrogen-bond donors (Lipinski definition) is 2. The molecule has 0 aliphatic carbocycles. The number of halogens is 2. The monoisotopic (exact) mass is 601 g/mol. The maximum Gasteiger partial charge on any atom is 0.510 e. The molecule has 0 saturated carbocycles. The van der Waals surface area contributed by atoms with Crippen molar-refractivity contribution in [2.24, 2.45) is 10.7 Å². The van der Waals surface area contributed by atoms with Gasteiger partial charge < -0.3 is 39.4 Å². The van der Waals surface area contributed by atoms with Gasteiger partial charge in [0.25, 0.3) is 0 Å². The van der Waals surface area contributed by atoms with Gasteiger partial charge in [0.2, 0.25) is 13.6 Å². The van der Waals surface area contributed by atoms with Gasteiger partial charge in [-0.15, -0.1) is 0 Å². The molecule has 1 unspecified atom stereocenters. The molecule has 0 bridgehead atoms. The van der Waals surface area contributed by atoms with E-state index in [1.165, 1.54) is 12.3 Å². The number of nitrogens with two attached hydrogens (primary N) is 1. The number of amidine groups is 1. The standard InChI is InChI=1S/C22H34F2N3O12P/c1-12(2)37-20(29)32-10-35-40(31,36-11-33-21(30)38-13(3)4)34-9-22(14(5)23)18(28)17(24)19(39-22)27-8-7-16(25)26-15(27)6/h7-8,12-14,17-19,28H,6,9-11H2,1-5H3,(H2,25,26)/t14?,17-,18+,19-,22+/m1/s1. The van der Waals surface area contributed by atoms with Crippen molar-refractivity contribution < 1.29 is 65.3 Å². The van der Waals surface area contributed by atoms with Gasteiger partial charge in [-0.05, 0) is 40.7 Å². The lowest BCUT2D eigenvalue weighted by Gasteiger charge is -2.35. The van der Waals surface area contributed by atoms with Crippen molar-refractivity contribution in [1.29, 1.82) is 0 Å². The summed E-state index contributed by atoms with van der Waals surface area (Å²) in [4.78, 5) is 28.2. The van der Waals surface area contributed by atoms with Gasteiger partial charge >= 0.3 is 20.1 Å². The lowest BCUT2D eigenvalue weighted by atomic mass is 9.92. The van der Waals surface area contributed by atoms with E-state index >= 15 is 4.39 Å². The van der Waals surface area contributed by atoms with Crippen molar-refractivity contribution in [3.05, 3.63) is 24.7 Å². The summed E-state index contributed by atoms with van der Waals surface area (Å²) in [5, 5.41) is 10.7. The van der Waals surface area contributed by atoms with Gasteiger partial charge in [-0.2, -0.15) is 0 Å². The highest BCUT2D eigenvalue weighted by Crippen LogP contribution is 2.52. The number of hydrogen-bond acceptors (Lipinski definition) is 15. The fourth-order valence-electron chi connectivity index (χ4n) is 3.30. The molecule has 18 heteroatoms. The number of aliphatic hydroxyl groups excluding tert-OH is 1. The summed E-state index contributed by atoms with van der Waals surface area (Å²) in [5.41, 5.74) is 3.13. The Morgan fingerprint density at radius 2 is 1.68 bits per heavy atom. The summed E-state index contributed by atoms with van der Waals surface area (Å²) in [7, 11) is -4.88. The van der Waals surface area contributed by atoms with Crippen LogP contribution in [0.3, 0.4) is 0 Å². The zero-order valence-corrected chi connectivity index (χ0v) is 23.5. The number of phosphoric acid groups is 1. The van der Waals surface area contributed by atoms with Gasteiger partial charge in [-0.25, -0.2) is 37.0 Å². The average molecular weight is 601 g/mol. The van der Waals surface area contributed by atoms with E-state index in [0.717, 1.165) is 11.8 Å². The first-order chi connectivity index (χ1) is 18.6. The lowest BCUT2D eigenvalue weighted by Crippen LogP contribution is -2.52. The summed E-state index contributed by atoms with van der Waals surface area (Å²) in [6.07, 6.45) is -9.06. The smallest absolute Gasteiger partial charge is 0.432 e. The van der Waals surface area contributed by atoms with Gasteiger partial charge in [0.1, 0.15) is 23.9 Å². The molecular formula is C22H34F2N3O12P. The Hall–Kier alpha value is -2.82. The predicted octanol–water partition coefficient (Wildman–Crippen LogP) is 2.99. The second-order valence-corrected chi connectivity index (χ2v) is 10.7. The van der Waals surface area contributed by atoms with Gasteiger partial charge in [-0.3, -0.25) is 4.52 Å². The predicted molar refractivity (Wildman–Crippen MR) is 132 cm³/mol. The van der Waals surface area contributed by atoms with Crippen molar-refractivity contribution in [3.63, 3.8) is 0 Å². The fraction of sp³-hybridized carbons (Fsp3) is 0.682. The Labute approximate surface area is 229 Å². The topological polar surface area (TPSA) is 187 Å². The minimum atomic E-state index is -4.88. The highest BCUT2D eigenvalue weighted by molar-refractivity contribution is 7.48. The molecule has 40 heavy (non-hydrogen) atoms. The number of alkyl halides is 2. The molecule has 0 aromatic rings. The van der Waals surface area contributed by atoms with E-state index in [1.807, 2.05) is 0 Å². The first-order valence-corrected chi connectivity index (χ1v) is 13.4. The number of aliphatic imine (C=N–C) groups is 1. The summed E-state index contributed by atoms with van der Waals surface area (Å²) in [5.74, 6) is 0.00849. The van der Waals surface area contributed by atoms with Crippen LogP contribution in [0.5, 0.6) is 0 Å². The zero-order chi connectivity index (χ0) is 30.3. The van der Waals surface area contributed by atoms with Gasteiger partial charge in [0, 0.05) is 6.20 Å². The number of carbonyl (C=O) groups excluding carboxylic acids is 2. The van der Waals surface area contributed by atoms with E-state index in [1.54, 1.807) is 27.7 Å². The van der Waals surface area contributed by atoms with Gasteiger partial charge in [-0.1, -0.05) is 6.58 Å². The molecule has 15 nitrogen and oxygen atoms in total. The number of phosphoric ester groups is 1. The minimum absolute atomic E-state index is 0.0590. The molecule has 5 atom stereocenters. The van der Waals surface area contributed by atoms with E-state index in [-0.39, 0.29) is 11.7 Å².